The van der Waals surface area contributed by atoms with Crippen molar-refractivity contribution in [1.29, 1.82) is 0 Å². The number of halogens is 1. The summed E-state index contributed by atoms with van der Waals surface area (Å²) >= 11 is 5.86. The van der Waals surface area contributed by atoms with Crippen LogP contribution in [0.3, 0.4) is 0 Å². The Morgan fingerprint density at radius 2 is 1.72 bits per heavy atom. The highest BCUT2D eigenvalue weighted by molar-refractivity contribution is 6.30. The molecule has 4 fully saturated rings. The van der Waals surface area contributed by atoms with Crippen LogP contribution >= 0.6 is 11.6 Å². The molecule has 25 heavy (non-hydrogen) atoms. The fraction of sp³-hybridized carbons (Fsp3) is 0.667. The van der Waals surface area contributed by atoms with Crippen molar-refractivity contribution in [2.75, 3.05) is 6.61 Å². The summed E-state index contributed by atoms with van der Waals surface area (Å²) < 4.78 is 5.64. The molecule has 4 aliphatic rings. The van der Waals surface area contributed by atoms with Gasteiger partial charge in [0.25, 0.3) is 0 Å². The van der Waals surface area contributed by atoms with Gasteiger partial charge < -0.3 is 10.1 Å². The van der Waals surface area contributed by atoms with E-state index in [0.717, 1.165) is 23.5 Å². The van der Waals surface area contributed by atoms with Crippen LogP contribution in [-0.4, -0.2) is 18.6 Å². The SMILES string of the molecule is CC(NC(=O)CCOc1ccc(Cl)cc1)C12CC3CC(CC(C3)C1)C2. The van der Waals surface area contributed by atoms with Crippen LogP contribution in [0.15, 0.2) is 24.3 Å². The van der Waals surface area contributed by atoms with Crippen LogP contribution in [-0.2, 0) is 4.79 Å². The molecule has 4 saturated carbocycles. The van der Waals surface area contributed by atoms with Crippen LogP contribution in [0.1, 0.15) is 51.9 Å². The average Bonchev–Trinajstić information content (AvgIpc) is 2.55. The number of rotatable bonds is 6. The molecule has 0 aliphatic heterocycles. The zero-order valence-corrected chi connectivity index (χ0v) is 15.7. The maximum absolute atomic E-state index is 12.4. The summed E-state index contributed by atoms with van der Waals surface area (Å²) in [5.74, 6) is 3.61. The maximum Gasteiger partial charge on any atom is 0.223 e. The van der Waals surface area contributed by atoms with Crippen LogP contribution in [0.5, 0.6) is 5.75 Å². The first-order valence-electron chi connectivity index (χ1n) is 9.70. The second-order valence-electron chi connectivity index (χ2n) is 8.62. The third-order valence-corrected chi connectivity index (χ3v) is 7.05. The predicted molar refractivity (Wildman–Crippen MR) is 99.8 cm³/mol. The van der Waals surface area contributed by atoms with Crippen molar-refractivity contribution in [1.82, 2.24) is 5.32 Å². The Balaban J connectivity index is 1.27. The number of hydrogen-bond acceptors (Lipinski definition) is 2. The van der Waals surface area contributed by atoms with Crippen LogP contribution in [0, 0.1) is 23.2 Å². The monoisotopic (exact) mass is 361 g/mol. The van der Waals surface area contributed by atoms with Gasteiger partial charge in [0.05, 0.1) is 13.0 Å². The van der Waals surface area contributed by atoms with Crippen molar-refractivity contribution in [3.8, 4) is 5.75 Å². The molecule has 0 aromatic heterocycles. The normalized spacial score (nSPS) is 33.9. The molecular weight excluding hydrogens is 334 g/mol. The van der Waals surface area contributed by atoms with Gasteiger partial charge in [0, 0.05) is 11.1 Å². The number of hydrogen-bond donors (Lipinski definition) is 1. The smallest absolute Gasteiger partial charge is 0.223 e. The summed E-state index contributed by atoms with van der Waals surface area (Å²) in [4.78, 5) is 12.4. The zero-order valence-electron chi connectivity index (χ0n) is 15.0. The summed E-state index contributed by atoms with van der Waals surface area (Å²) in [6, 6.07) is 7.54. The number of benzene rings is 1. The molecule has 136 valence electrons. The van der Waals surface area contributed by atoms with Gasteiger partial charge in [-0.15, -0.1) is 0 Å². The number of nitrogens with one attached hydrogen (secondary N) is 1. The molecule has 1 unspecified atom stereocenters. The lowest BCUT2D eigenvalue weighted by atomic mass is 9.48. The quantitative estimate of drug-likeness (QED) is 0.788. The highest BCUT2D eigenvalue weighted by Crippen LogP contribution is 2.61. The van der Waals surface area contributed by atoms with Gasteiger partial charge in [-0.25, -0.2) is 0 Å². The molecule has 5 rings (SSSR count). The molecule has 0 radical (unpaired) electrons. The van der Waals surface area contributed by atoms with Gasteiger partial charge in [-0.05, 0) is 92.9 Å². The zero-order chi connectivity index (χ0) is 17.4. The first-order chi connectivity index (χ1) is 12.0. The first-order valence-corrected chi connectivity index (χ1v) is 10.1. The number of ether oxygens (including phenoxy) is 1. The highest BCUT2D eigenvalue weighted by Gasteiger charge is 2.53. The Kier molecular flexibility index (Phi) is 4.70. The van der Waals surface area contributed by atoms with Crippen molar-refractivity contribution >= 4 is 17.5 Å². The summed E-state index contributed by atoms with van der Waals surface area (Å²) in [6.45, 7) is 2.63. The van der Waals surface area contributed by atoms with E-state index in [0.29, 0.717) is 23.5 Å². The van der Waals surface area contributed by atoms with E-state index in [-0.39, 0.29) is 11.9 Å². The summed E-state index contributed by atoms with van der Waals surface area (Å²) in [6.07, 6.45) is 8.68. The lowest BCUT2D eigenvalue weighted by Gasteiger charge is -2.59. The molecule has 1 aromatic carbocycles. The number of carbonyl (C=O) groups excluding carboxylic acids is 1. The Hall–Kier alpha value is -1.22. The van der Waals surface area contributed by atoms with Crippen LogP contribution in [0.25, 0.3) is 0 Å². The first kappa shape index (κ1) is 17.2. The van der Waals surface area contributed by atoms with Crippen LogP contribution < -0.4 is 10.1 Å². The number of carbonyl (C=O) groups is 1. The van der Waals surface area contributed by atoms with Gasteiger partial charge in [-0.3, -0.25) is 4.79 Å². The standard InChI is InChI=1S/C21H28ClNO2/c1-14(21-11-15-8-16(12-21)10-17(9-15)13-21)23-20(24)6-7-25-19-4-2-18(22)3-5-19/h2-5,14-17H,6-13H2,1H3,(H,23,24). The fourth-order valence-corrected chi connectivity index (χ4v) is 6.09. The van der Waals surface area contributed by atoms with Crippen molar-refractivity contribution < 1.29 is 9.53 Å². The van der Waals surface area contributed by atoms with E-state index in [1.165, 1.54) is 38.5 Å². The predicted octanol–water partition coefficient (Wildman–Crippen LogP) is 4.83. The molecule has 3 nitrogen and oxygen atoms in total. The molecule has 0 saturated heterocycles. The van der Waals surface area contributed by atoms with Gasteiger partial charge in [0.15, 0.2) is 0 Å². The van der Waals surface area contributed by atoms with E-state index in [9.17, 15) is 4.79 Å². The molecule has 4 bridgehead atoms. The fourth-order valence-electron chi connectivity index (χ4n) is 5.97. The molecule has 1 N–H and O–H groups in total. The van der Waals surface area contributed by atoms with E-state index in [2.05, 4.69) is 12.2 Å². The van der Waals surface area contributed by atoms with E-state index >= 15 is 0 Å². The van der Waals surface area contributed by atoms with E-state index < -0.39 is 0 Å². The Morgan fingerprint density at radius 3 is 2.28 bits per heavy atom. The lowest BCUT2D eigenvalue weighted by Crippen LogP contribution is -2.55. The Bertz CT molecular complexity index is 592. The maximum atomic E-state index is 12.4. The average molecular weight is 362 g/mol. The lowest BCUT2D eigenvalue weighted by molar-refractivity contribution is -0.126. The van der Waals surface area contributed by atoms with Crippen molar-refractivity contribution in [3.05, 3.63) is 29.3 Å². The second-order valence-corrected chi connectivity index (χ2v) is 9.06. The summed E-state index contributed by atoms with van der Waals surface area (Å²) in [7, 11) is 0. The third kappa shape index (κ3) is 3.67. The molecular formula is C21H28ClNO2. The Labute approximate surface area is 155 Å². The Morgan fingerprint density at radius 1 is 1.16 bits per heavy atom. The van der Waals surface area contributed by atoms with Gasteiger partial charge in [0.2, 0.25) is 5.91 Å². The molecule has 0 heterocycles. The van der Waals surface area contributed by atoms with Crippen molar-refractivity contribution in [2.24, 2.45) is 23.2 Å². The van der Waals surface area contributed by atoms with Crippen molar-refractivity contribution in [3.63, 3.8) is 0 Å². The minimum Gasteiger partial charge on any atom is -0.493 e. The van der Waals surface area contributed by atoms with Crippen LogP contribution in [0.2, 0.25) is 5.02 Å². The molecule has 1 atom stereocenters. The largest absolute Gasteiger partial charge is 0.493 e. The summed E-state index contributed by atoms with van der Waals surface area (Å²) in [5, 5.41) is 3.98. The number of amides is 1. The highest BCUT2D eigenvalue weighted by atomic mass is 35.5. The van der Waals surface area contributed by atoms with E-state index in [4.69, 9.17) is 16.3 Å². The molecule has 1 amide bonds. The van der Waals surface area contributed by atoms with Gasteiger partial charge >= 0.3 is 0 Å². The minimum absolute atomic E-state index is 0.109. The summed E-state index contributed by atoms with van der Waals surface area (Å²) in [5.41, 5.74) is 0.363. The van der Waals surface area contributed by atoms with E-state index in [1.807, 2.05) is 12.1 Å². The van der Waals surface area contributed by atoms with Gasteiger partial charge in [-0.1, -0.05) is 11.6 Å². The topological polar surface area (TPSA) is 38.3 Å². The molecule has 0 spiro atoms. The molecule has 1 aromatic rings. The van der Waals surface area contributed by atoms with Crippen molar-refractivity contribution in [2.45, 2.75) is 57.9 Å². The van der Waals surface area contributed by atoms with E-state index in [1.54, 1.807) is 12.1 Å². The minimum atomic E-state index is 0.109. The van der Waals surface area contributed by atoms with Gasteiger partial charge in [-0.2, -0.15) is 0 Å². The third-order valence-electron chi connectivity index (χ3n) is 6.79. The molecule has 4 aliphatic carbocycles. The van der Waals surface area contributed by atoms with Gasteiger partial charge in [0.1, 0.15) is 5.75 Å². The van der Waals surface area contributed by atoms with Crippen LogP contribution in [0.4, 0.5) is 0 Å². The molecule has 4 heteroatoms. The second kappa shape index (κ2) is 6.83.